The lowest BCUT2D eigenvalue weighted by molar-refractivity contribution is -0.141. The minimum absolute atomic E-state index is 0.0555. The molecule has 3 aromatic rings. The third kappa shape index (κ3) is 4.47. The number of amides is 1. The molecule has 0 radical (unpaired) electrons. The van der Waals surface area contributed by atoms with E-state index in [1.807, 2.05) is 55.6 Å². The number of benzene rings is 1. The molecule has 0 fully saturated rings. The molecule has 0 bridgehead atoms. The van der Waals surface area contributed by atoms with Crippen LogP contribution in [0.1, 0.15) is 42.1 Å². The van der Waals surface area contributed by atoms with E-state index >= 15 is 0 Å². The number of carboxylic acids is 1. The largest absolute Gasteiger partial charge is 0.480 e. The van der Waals surface area contributed by atoms with Crippen LogP contribution < -0.4 is 5.32 Å². The maximum atomic E-state index is 12.7. The van der Waals surface area contributed by atoms with Crippen molar-refractivity contribution in [3.05, 3.63) is 58.9 Å². The van der Waals surface area contributed by atoms with E-state index in [0.717, 1.165) is 33.7 Å². The number of nitrogens with one attached hydrogen (secondary N) is 1. The monoisotopic (exact) mass is 393 g/mol. The second-order valence-corrected chi connectivity index (χ2v) is 7.56. The van der Waals surface area contributed by atoms with Gasteiger partial charge in [0.1, 0.15) is 11.7 Å². The Morgan fingerprint density at radius 2 is 1.90 bits per heavy atom. The van der Waals surface area contributed by atoms with Gasteiger partial charge in [-0.25, -0.2) is 9.78 Å². The van der Waals surface area contributed by atoms with Crippen LogP contribution in [0, 0.1) is 20.8 Å². The fourth-order valence-electron chi connectivity index (χ4n) is 3.43. The van der Waals surface area contributed by atoms with Gasteiger partial charge in [-0.3, -0.25) is 4.79 Å². The molecule has 0 aliphatic heterocycles. The number of carbonyl (C=O) groups is 2. The lowest BCUT2D eigenvalue weighted by Crippen LogP contribution is -2.41. The second-order valence-electron chi connectivity index (χ2n) is 7.56. The first-order valence-electron chi connectivity index (χ1n) is 9.87. The van der Waals surface area contributed by atoms with Crippen LogP contribution >= 0.6 is 0 Å². The van der Waals surface area contributed by atoms with E-state index in [9.17, 15) is 14.7 Å². The summed E-state index contributed by atoms with van der Waals surface area (Å²) in [6.45, 7) is 8.00. The number of imidazole rings is 1. The van der Waals surface area contributed by atoms with Gasteiger partial charge in [0.25, 0.3) is 0 Å². The Morgan fingerprint density at radius 1 is 1.14 bits per heavy atom. The molecule has 2 heterocycles. The molecule has 0 aliphatic carbocycles. The van der Waals surface area contributed by atoms with Crippen molar-refractivity contribution in [3.63, 3.8) is 0 Å². The van der Waals surface area contributed by atoms with Gasteiger partial charge in [-0.15, -0.1) is 0 Å². The van der Waals surface area contributed by atoms with Crippen LogP contribution in [-0.4, -0.2) is 32.4 Å². The second kappa shape index (κ2) is 8.47. The van der Waals surface area contributed by atoms with E-state index in [-0.39, 0.29) is 12.3 Å². The summed E-state index contributed by atoms with van der Waals surface area (Å²) in [6.07, 6.45) is 3.04. The molecule has 0 spiro atoms. The Labute approximate surface area is 170 Å². The van der Waals surface area contributed by atoms with Crippen molar-refractivity contribution < 1.29 is 14.7 Å². The first kappa shape index (κ1) is 20.6. The molecule has 1 atom stereocenters. The summed E-state index contributed by atoms with van der Waals surface area (Å²) in [5, 5.41) is 12.0. The number of carbonyl (C=O) groups excluding carboxylic acids is 1. The van der Waals surface area contributed by atoms with Crippen molar-refractivity contribution in [1.82, 2.24) is 14.7 Å². The zero-order valence-electron chi connectivity index (χ0n) is 17.3. The molecule has 1 unspecified atom stereocenters. The van der Waals surface area contributed by atoms with E-state index in [4.69, 9.17) is 4.98 Å². The van der Waals surface area contributed by atoms with Crippen molar-refractivity contribution in [2.75, 3.05) is 0 Å². The molecule has 3 rings (SSSR count). The molecule has 2 aromatic heterocycles. The number of hydrogen-bond donors (Lipinski definition) is 2. The minimum atomic E-state index is -1.01. The summed E-state index contributed by atoms with van der Waals surface area (Å²) in [4.78, 5) is 28.9. The molecule has 1 aromatic carbocycles. The van der Waals surface area contributed by atoms with Crippen LogP contribution in [0.3, 0.4) is 0 Å². The maximum Gasteiger partial charge on any atom is 0.326 e. The average molecular weight is 393 g/mol. The highest BCUT2D eigenvalue weighted by Gasteiger charge is 2.22. The predicted octanol–water partition coefficient (Wildman–Crippen LogP) is 3.84. The van der Waals surface area contributed by atoms with Crippen LogP contribution in [0.15, 0.2) is 36.5 Å². The lowest BCUT2D eigenvalue weighted by Gasteiger charge is -2.14. The van der Waals surface area contributed by atoms with Gasteiger partial charge in [-0.1, -0.05) is 25.5 Å². The fraction of sp³-hybridized carbons (Fsp3) is 0.348. The summed E-state index contributed by atoms with van der Waals surface area (Å²) in [7, 11) is 0. The molecule has 6 heteroatoms. The zero-order valence-corrected chi connectivity index (χ0v) is 17.3. The number of fused-ring (bicyclic) bond motifs is 1. The number of hydrogen-bond acceptors (Lipinski definition) is 3. The third-order valence-electron chi connectivity index (χ3n) is 5.20. The van der Waals surface area contributed by atoms with Crippen LogP contribution in [0.4, 0.5) is 0 Å². The van der Waals surface area contributed by atoms with Crippen molar-refractivity contribution in [2.24, 2.45) is 0 Å². The molecule has 1 amide bonds. The number of pyridine rings is 1. The molecule has 0 saturated heterocycles. The van der Waals surface area contributed by atoms with E-state index in [2.05, 4.69) is 18.3 Å². The first-order valence-corrected chi connectivity index (χ1v) is 9.87. The summed E-state index contributed by atoms with van der Waals surface area (Å²) >= 11 is 0. The van der Waals surface area contributed by atoms with Crippen molar-refractivity contribution >= 4 is 17.5 Å². The highest BCUT2D eigenvalue weighted by Crippen LogP contribution is 2.27. The maximum absolute atomic E-state index is 12.7. The zero-order chi connectivity index (χ0) is 21.1. The summed E-state index contributed by atoms with van der Waals surface area (Å²) in [5.41, 5.74) is 6.64. The number of rotatable bonds is 7. The van der Waals surface area contributed by atoms with Gasteiger partial charge in [-0.2, -0.15) is 0 Å². The van der Waals surface area contributed by atoms with Crippen molar-refractivity contribution in [2.45, 2.75) is 53.0 Å². The molecule has 0 saturated carbocycles. The molecule has 29 heavy (non-hydrogen) atoms. The molecule has 2 N–H and O–H groups in total. The Kier molecular flexibility index (Phi) is 6.01. The lowest BCUT2D eigenvalue weighted by atomic mass is 10.0. The summed E-state index contributed by atoms with van der Waals surface area (Å²) in [5.74, 6) is -1.33. The van der Waals surface area contributed by atoms with Gasteiger partial charge in [0.15, 0.2) is 0 Å². The number of aryl methyl sites for hydroxylation is 3. The van der Waals surface area contributed by atoms with Crippen LogP contribution in [0.2, 0.25) is 0 Å². The van der Waals surface area contributed by atoms with Crippen molar-refractivity contribution in [3.8, 4) is 11.3 Å². The van der Waals surface area contributed by atoms with Gasteiger partial charge >= 0.3 is 5.97 Å². The molecule has 6 nitrogen and oxygen atoms in total. The Bertz CT molecular complexity index is 1070. The highest BCUT2D eigenvalue weighted by atomic mass is 16.4. The van der Waals surface area contributed by atoms with Gasteiger partial charge in [0, 0.05) is 11.8 Å². The third-order valence-corrected chi connectivity index (χ3v) is 5.20. The van der Waals surface area contributed by atoms with Crippen LogP contribution in [-0.2, 0) is 16.0 Å². The molecular formula is C23H27N3O3. The first-order chi connectivity index (χ1) is 13.8. The van der Waals surface area contributed by atoms with Gasteiger partial charge in [-0.05, 0) is 62.1 Å². The van der Waals surface area contributed by atoms with Crippen LogP contribution in [0.25, 0.3) is 16.9 Å². The Hall–Kier alpha value is -3.15. The quantitative estimate of drug-likeness (QED) is 0.639. The minimum Gasteiger partial charge on any atom is -0.480 e. The predicted molar refractivity (Wildman–Crippen MR) is 113 cm³/mol. The van der Waals surface area contributed by atoms with E-state index in [0.29, 0.717) is 12.8 Å². The van der Waals surface area contributed by atoms with E-state index in [1.54, 1.807) is 0 Å². The molecule has 152 valence electrons. The van der Waals surface area contributed by atoms with E-state index < -0.39 is 12.0 Å². The number of nitrogens with zero attached hydrogens (tertiary/aromatic N) is 2. The van der Waals surface area contributed by atoms with Crippen molar-refractivity contribution in [1.29, 1.82) is 0 Å². The smallest absolute Gasteiger partial charge is 0.326 e. The van der Waals surface area contributed by atoms with Gasteiger partial charge < -0.3 is 14.8 Å². The van der Waals surface area contributed by atoms with Gasteiger partial charge in [0.2, 0.25) is 5.91 Å². The topological polar surface area (TPSA) is 83.7 Å². The Balaban J connectivity index is 2.02. The highest BCUT2D eigenvalue weighted by molar-refractivity contribution is 5.86. The molecule has 0 aliphatic rings. The number of aliphatic carboxylic acids is 1. The summed E-state index contributed by atoms with van der Waals surface area (Å²) in [6, 6.07) is 9.20. The number of aromatic nitrogens is 2. The molecular weight excluding hydrogens is 366 g/mol. The normalized spacial score (nSPS) is 12.1. The van der Waals surface area contributed by atoms with Crippen LogP contribution in [0.5, 0.6) is 0 Å². The fourth-order valence-corrected chi connectivity index (χ4v) is 3.43. The number of carboxylic acid groups (broad SMARTS) is 1. The van der Waals surface area contributed by atoms with Gasteiger partial charge in [0.05, 0.1) is 17.8 Å². The SMILES string of the molecule is CCCC(NC(=O)Cc1c(-c2ccc(C)c(C)c2)nc2cc(C)ccn12)C(=O)O. The van der Waals surface area contributed by atoms with E-state index in [1.165, 1.54) is 5.56 Å². The standard InChI is InChI=1S/C23H27N3O3/c1-5-6-18(23(28)29)24-21(27)13-19-22(17-8-7-15(3)16(4)12-17)25-20-11-14(2)9-10-26(19)20/h7-12,18H,5-6,13H2,1-4H3,(H,24,27)(H,28,29). The summed E-state index contributed by atoms with van der Waals surface area (Å²) < 4.78 is 1.91. The Morgan fingerprint density at radius 3 is 2.55 bits per heavy atom. The average Bonchev–Trinajstić information content (AvgIpc) is 3.00.